The largest absolute Gasteiger partial charge is 0.486 e. The number of fused-ring (bicyclic) bond motifs is 2. The van der Waals surface area contributed by atoms with Gasteiger partial charge in [0.25, 0.3) is 0 Å². The molecular weight excluding hydrogens is 384 g/mol. The van der Waals surface area contributed by atoms with Crippen LogP contribution in [0.2, 0.25) is 0 Å². The Morgan fingerprint density at radius 3 is 2.82 bits per heavy atom. The number of carbonyl (C=O) groups excluding carboxylic acids is 1. The minimum absolute atomic E-state index is 0. The normalized spacial score (nSPS) is 29.5. The minimum atomic E-state index is -0.716. The zero-order valence-corrected chi connectivity index (χ0v) is 16.7. The van der Waals surface area contributed by atoms with E-state index in [-0.39, 0.29) is 36.4 Å². The molecule has 28 heavy (non-hydrogen) atoms. The Kier molecular flexibility index (Phi) is 6.05. The third-order valence-electron chi connectivity index (χ3n) is 6.32. The molecule has 4 atom stereocenters. The number of carboxylic acids is 1. The van der Waals surface area contributed by atoms with E-state index in [1.807, 2.05) is 36.1 Å². The number of carboxylic acid groups (broad SMARTS) is 1. The molecule has 0 bridgehead atoms. The third kappa shape index (κ3) is 3.65. The lowest BCUT2D eigenvalue weighted by Crippen LogP contribution is -2.49. The first-order valence-corrected chi connectivity index (χ1v) is 9.63. The molecule has 7 nitrogen and oxygen atoms in total. The summed E-state index contributed by atoms with van der Waals surface area (Å²) in [6.45, 7) is 3.73. The Morgan fingerprint density at radius 1 is 1.36 bits per heavy atom. The van der Waals surface area contributed by atoms with E-state index in [1.165, 1.54) is 0 Å². The molecule has 0 aromatic heterocycles. The maximum absolute atomic E-state index is 12.6. The quantitative estimate of drug-likeness (QED) is 0.771. The van der Waals surface area contributed by atoms with Crippen LogP contribution in [-0.2, 0) is 9.59 Å². The van der Waals surface area contributed by atoms with Crippen molar-refractivity contribution in [3.8, 4) is 11.5 Å². The van der Waals surface area contributed by atoms with Crippen LogP contribution in [-0.4, -0.2) is 60.3 Å². The molecule has 1 aromatic rings. The van der Waals surface area contributed by atoms with Crippen molar-refractivity contribution >= 4 is 24.3 Å². The number of likely N-dealkylation sites (tertiary alicyclic amines) is 1. The predicted octanol–water partition coefficient (Wildman–Crippen LogP) is 1.94. The van der Waals surface area contributed by atoms with Crippen molar-refractivity contribution in [1.29, 1.82) is 0 Å². The molecule has 154 valence electrons. The highest BCUT2D eigenvalue weighted by molar-refractivity contribution is 5.85. The van der Waals surface area contributed by atoms with E-state index in [2.05, 4.69) is 5.32 Å². The van der Waals surface area contributed by atoms with Gasteiger partial charge in [0.05, 0.1) is 18.0 Å². The lowest BCUT2D eigenvalue weighted by atomic mass is 9.81. The van der Waals surface area contributed by atoms with Crippen LogP contribution in [0.5, 0.6) is 11.5 Å². The van der Waals surface area contributed by atoms with Gasteiger partial charge in [0, 0.05) is 13.1 Å². The smallest absolute Gasteiger partial charge is 0.311 e. The molecule has 0 spiro atoms. The number of ether oxygens (including phenoxy) is 2. The Bertz CT molecular complexity index is 745. The summed E-state index contributed by atoms with van der Waals surface area (Å²) in [4.78, 5) is 26.4. The van der Waals surface area contributed by atoms with Crippen LogP contribution >= 0.6 is 12.4 Å². The number of hydrogen-bond donors (Lipinski definition) is 2. The molecular formula is C20H27ClN2O5. The maximum Gasteiger partial charge on any atom is 0.311 e. The highest BCUT2D eigenvalue weighted by Crippen LogP contribution is 2.49. The molecule has 1 aromatic carbocycles. The number of hydrogen-bond acceptors (Lipinski definition) is 5. The molecule has 2 heterocycles. The van der Waals surface area contributed by atoms with Gasteiger partial charge in [0.2, 0.25) is 5.91 Å². The molecule has 1 amide bonds. The van der Waals surface area contributed by atoms with Crippen molar-refractivity contribution in [1.82, 2.24) is 10.2 Å². The lowest BCUT2D eigenvalue weighted by molar-refractivity contribution is -0.149. The molecule has 4 rings (SSSR count). The molecule has 2 aliphatic heterocycles. The van der Waals surface area contributed by atoms with Crippen LogP contribution in [0.1, 0.15) is 26.2 Å². The summed E-state index contributed by atoms with van der Waals surface area (Å²) in [7, 11) is 0. The predicted molar refractivity (Wildman–Crippen MR) is 105 cm³/mol. The number of halogens is 1. The number of amides is 1. The Labute approximate surface area is 170 Å². The van der Waals surface area contributed by atoms with Gasteiger partial charge in [-0.3, -0.25) is 14.5 Å². The van der Waals surface area contributed by atoms with E-state index in [9.17, 15) is 14.7 Å². The number of benzene rings is 1. The molecule has 3 aliphatic rings. The maximum atomic E-state index is 12.6. The summed E-state index contributed by atoms with van der Waals surface area (Å²) in [5, 5.41) is 12.6. The molecule has 1 saturated carbocycles. The molecule has 0 radical (unpaired) electrons. The Balaban J connectivity index is 0.00000225. The average molecular weight is 411 g/mol. The number of aliphatic carboxylic acids is 1. The minimum Gasteiger partial charge on any atom is -0.486 e. The van der Waals surface area contributed by atoms with Gasteiger partial charge in [0.15, 0.2) is 11.5 Å². The van der Waals surface area contributed by atoms with Crippen molar-refractivity contribution in [2.45, 2.75) is 38.3 Å². The van der Waals surface area contributed by atoms with Crippen molar-refractivity contribution in [3.05, 3.63) is 24.3 Å². The second-order valence-corrected chi connectivity index (χ2v) is 7.90. The number of nitrogens with zero attached hydrogens (tertiary/aromatic N) is 1. The summed E-state index contributed by atoms with van der Waals surface area (Å²) >= 11 is 0. The second-order valence-electron chi connectivity index (χ2n) is 7.90. The van der Waals surface area contributed by atoms with Crippen molar-refractivity contribution in [2.24, 2.45) is 11.3 Å². The molecule has 2 unspecified atom stereocenters. The summed E-state index contributed by atoms with van der Waals surface area (Å²) in [6, 6.07) is 7.12. The van der Waals surface area contributed by atoms with E-state index < -0.39 is 11.4 Å². The van der Waals surface area contributed by atoms with Gasteiger partial charge in [-0.05, 0) is 37.8 Å². The topological polar surface area (TPSA) is 88.1 Å². The second kappa shape index (κ2) is 8.17. The highest BCUT2D eigenvalue weighted by atomic mass is 35.5. The first-order valence-electron chi connectivity index (χ1n) is 9.63. The van der Waals surface area contributed by atoms with E-state index in [4.69, 9.17) is 9.47 Å². The fraction of sp³-hybridized carbons (Fsp3) is 0.600. The summed E-state index contributed by atoms with van der Waals surface area (Å²) in [5.41, 5.74) is -0.668. The average Bonchev–Trinajstić information content (AvgIpc) is 3.24. The van der Waals surface area contributed by atoms with Crippen molar-refractivity contribution in [2.75, 3.05) is 26.2 Å². The van der Waals surface area contributed by atoms with Gasteiger partial charge in [-0.1, -0.05) is 18.6 Å². The van der Waals surface area contributed by atoms with Crippen molar-refractivity contribution < 1.29 is 24.2 Å². The summed E-state index contributed by atoms with van der Waals surface area (Å²) in [6.07, 6.45) is 2.37. The first kappa shape index (κ1) is 20.7. The van der Waals surface area contributed by atoms with Crippen LogP contribution in [0, 0.1) is 11.3 Å². The fourth-order valence-corrected chi connectivity index (χ4v) is 4.66. The third-order valence-corrected chi connectivity index (χ3v) is 6.32. The van der Waals surface area contributed by atoms with Crippen LogP contribution in [0.4, 0.5) is 0 Å². The van der Waals surface area contributed by atoms with Gasteiger partial charge >= 0.3 is 5.97 Å². The number of carbonyl (C=O) groups is 2. The van der Waals surface area contributed by atoms with Crippen LogP contribution in [0.3, 0.4) is 0 Å². The number of para-hydroxylation sites is 2. The fourth-order valence-electron chi connectivity index (χ4n) is 4.66. The van der Waals surface area contributed by atoms with Crippen LogP contribution in [0.25, 0.3) is 0 Å². The van der Waals surface area contributed by atoms with Gasteiger partial charge < -0.3 is 19.9 Å². The van der Waals surface area contributed by atoms with E-state index in [1.54, 1.807) is 0 Å². The number of nitrogens with one attached hydrogen (secondary N) is 1. The first-order chi connectivity index (χ1) is 13.0. The molecule has 8 heteroatoms. The molecule has 2 fully saturated rings. The Hall–Kier alpha value is -1.99. The van der Waals surface area contributed by atoms with Gasteiger partial charge in [-0.25, -0.2) is 0 Å². The zero-order valence-electron chi connectivity index (χ0n) is 15.9. The van der Waals surface area contributed by atoms with E-state index >= 15 is 0 Å². The molecule has 2 N–H and O–H groups in total. The lowest BCUT2D eigenvalue weighted by Gasteiger charge is -2.29. The molecule has 1 aliphatic carbocycles. The van der Waals surface area contributed by atoms with Gasteiger partial charge in [-0.2, -0.15) is 0 Å². The van der Waals surface area contributed by atoms with Gasteiger partial charge in [0.1, 0.15) is 12.7 Å². The summed E-state index contributed by atoms with van der Waals surface area (Å²) in [5.74, 6) is 0.740. The molecule has 1 saturated heterocycles. The highest BCUT2D eigenvalue weighted by Gasteiger charge is 2.55. The Morgan fingerprint density at radius 2 is 2.11 bits per heavy atom. The van der Waals surface area contributed by atoms with E-state index in [0.717, 1.165) is 18.6 Å². The standard InChI is InChI=1S/C20H26N2O5.ClH/c1-13(22-10-14-5-4-8-20(14,12-22)19(24)25)18(23)21-9-15-11-26-16-6-2-3-7-17(16)27-15;/h2-3,6-7,13-15H,4-5,8-12H2,1H3,(H,21,23)(H,24,25);1H/t13?,14-,15?,20+;/m0./s1. The zero-order chi connectivity index (χ0) is 19.0. The van der Waals surface area contributed by atoms with Crippen LogP contribution in [0.15, 0.2) is 24.3 Å². The summed E-state index contributed by atoms with van der Waals surface area (Å²) < 4.78 is 11.5. The van der Waals surface area contributed by atoms with Gasteiger partial charge in [-0.15, -0.1) is 12.4 Å². The number of rotatable bonds is 5. The van der Waals surface area contributed by atoms with Crippen LogP contribution < -0.4 is 14.8 Å². The van der Waals surface area contributed by atoms with Crippen molar-refractivity contribution in [3.63, 3.8) is 0 Å². The monoisotopic (exact) mass is 410 g/mol. The van der Waals surface area contributed by atoms with E-state index in [0.29, 0.717) is 38.4 Å². The SMILES string of the molecule is CC(C(=O)NCC1COc2ccccc2O1)N1C[C@@H]2CCC[C@@]2(C(=O)O)C1.Cl.